The number of carbonyl (C=O) groups is 1. The molecule has 0 radical (unpaired) electrons. The van der Waals surface area contributed by atoms with E-state index in [1.807, 2.05) is 31.2 Å². The first-order chi connectivity index (χ1) is 11.5. The highest BCUT2D eigenvalue weighted by Gasteiger charge is 2.14. The van der Waals surface area contributed by atoms with Crippen molar-refractivity contribution in [2.24, 2.45) is 0 Å². The molecule has 0 unspecified atom stereocenters. The van der Waals surface area contributed by atoms with E-state index < -0.39 is 0 Å². The molecule has 2 aromatic carbocycles. The fraction of sp³-hybridized carbons (Fsp3) is 0.316. The van der Waals surface area contributed by atoms with Crippen LogP contribution < -0.4 is 9.47 Å². The summed E-state index contributed by atoms with van der Waals surface area (Å²) in [6, 6.07) is 9.64. The smallest absolute Gasteiger partial charge is 0.310 e. The van der Waals surface area contributed by atoms with Crippen molar-refractivity contribution in [1.29, 1.82) is 0 Å². The molecule has 24 heavy (non-hydrogen) atoms. The summed E-state index contributed by atoms with van der Waals surface area (Å²) in [5.74, 6) is 1.58. The van der Waals surface area contributed by atoms with Gasteiger partial charge in [0.05, 0.1) is 4.47 Å². The number of hydrogen-bond donors (Lipinski definition) is 1. The molecule has 0 saturated heterocycles. The van der Waals surface area contributed by atoms with E-state index in [2.05, 4.69) is 35.5 Å². The Kier molecular flexibility index (Phi) is 6.75. The topological polar surface area (TPSA) is 35.5 Å². The zero-order chi connectivity index (χ0) is 17.7. The van der Waals surface area contributed by atoms with E-state index in [-0.39, 0.29) is 5.97 Å². The van der Waals surface area contributed by atoms with Crippen molar-refractivity contribution in [2.45, 2.75) is 39.6 Å². The van der Waals surface area contributed by atoms with Gasteiger partial charge in [-0.1, -0.05) is 19.1 Å². The second-order valence-electron chi connectivity index (χ2n) is 5.54. The van der Waals surface area contributed by atoms with Crippen LogP contribution in [0.2, 0.25) is 0 Å². The first kappa shape index (κ1) is 18.9. The molecule has 5 heteroatoms. The molecule has 0 aromatic heterocycles. The number of aryl methyl sites for hydroxylation is 2. The third-order valence-electron chi connectivity index (χ3n) is 3.83. The summed E-state index contributed by atoms with van der Waals surface area (Å²) >= 11 is 7.90. The van der Waals surface area contributed by atoms with Gasteiger partial charge in [0.1, 0.15) is 18.1 Å². The Hall–Kier alpha value is -1.46. The normalized spacial score (nSPS) is 10.5. The number of benzene rings is 2. The molecule has 0 saturated carbocycles. The lowest BCUT2D eigenvalue weighted by molar-refractivity contribution is -0.134. The van der Waals surface area contributed by atoms with Gasteiger partial charge < -0.3 is 9.47 Å². The number of rotatable bonds is 6. The highest BCUT2D eigenvalue weighted by atomic mass is 79.9. The van der Waals surface area contributed by atoms with Crippen LogP contribution in [0.4, 0.5) is 0 Å². The van der Waals surface area contributed by atoms with Crippen LogP contribution in [0.1, 0.15) is 35.6 Å². The summed E-state index contributed by atoms with van der Waals surface area (Å²) in [7, 11) is 0. The van der Waals surface area contributed by atoms with E-state index in [4.69, 9.17) is 9.47 Å². The van der Waals surface area contributed by atoms with E-state index in [0.29, 0.717) is 24.5 Å². The summed E-state index contributed by atoms with van der Waals surface area (Å²) in [4.78, 5) is 11.7. The average Bonchev–Trinajstić information content (AvgIpc) is 2.57. The molecule has 0 atom stereocenters. The Morgan fingerprint density at radius 3 is 2.54 bits per heavy atom. The summed E-state index contributed by atoms with van der Waals surface area (Å²) in [5, 5.41) is 0. The zero-order valence-electron chi connectivity index (χ0n) is 14.1. The van der Waals surface area contributed by atoms with E-state index >= 15 is 0 Å². The molecule has 0 heterocycles. The quantitative estimate of drug-likeness (QED) is 0.395. The van der Waals surface area contributed by atoms with E-state index in [1.165, 1.54) is 5.56 Å². The van der Waals surface area contributed by atoms with Crippen molar-refractivity contribution >= 4 is 34.5 Å². The van der Waals surface area contributed by atoms with Crippen molar-refractivity contribution in [3.8, 4) is 11.5 Å². The van der Waals surface area contributed by atoms with Crippen molar-refractivity contribution in [3.05, 3.63) is 57.1 Å². The van der Waals surface area contributed by atoms with Crippen molar-refractivity contribution in [1.82, 2.24) is 0 Å². The standard InChI is InChI=1S/C19H21BrO3S/c1-4-19(21)23-17-7-5-6-14(11-24)15(17)10-22-18-9-13(3)12(2)8-16(18)20/h5-9,24H,4,10-11H2,1-3H3. The summed E-state index contributed by atoms with van der Waals surface area (Å²) in [6.45, 7) is 6.18. The molecule has 0 aliphatic heterocycles. The first-order valence-corrected chi connectivity index (χ1v) is 9.20. The van der Waals surface area contributed by atoms with Gasteiger partial charge in [0.25, 0.3) is 0 Å². The number of esters is 1. The van der Waals surface area contributed by atoms with Crippen molar-refractivity contribution in [2.75, 3.05) is 0 Å². The predicted molar refractivity (Wildman–Crippen MR) is 103 cm³/mol. The van der Waals surface area contributed by atoms with Crippen LogP contribution in [0, 0.1) is 13.8 Å². The molecule has 0 bridgehead atoms. The number of ether oxygens (including phenoxy) is 2. The molecular formula is C19H21BrO3S. The molecule has 2 rings (SSSR count). The Morgan fingerprint density at radius 1 is 1.17 bits per heavy atom. The predicted octanol–water partition coefficient (Wildman–Crippen LogP) is 5.39. The lowest BCUT2D eigenvalue weighted by atomic mass is 10.1. The van der Waals surface area contributed by atoms with Crippen LogP contribution >= 0.6 is 28.6 Å². The van der Waals surface area contributed by atoms with Crippen LogP contribution in [0.3, 0.4) is 0 Å². The number of halogens is 1. The fourth-order valence-electron chi connectivity index (χ4n) is 2.23. The highest BCUT2D eigenvalue weighted by molar-refractivity contribution is 9.10. The van der Waals surface area contributed by atoms with Crippen LogP contribution in [0.25, 0.3) is 0 Å². The highest BCUT2D eigenvalue weighted by Crippen LogP contribution is 2.31. The summed E-state index contributed by atoms with van der Waals surface area (Å²) in [5.41, 5.74) is 4.19. The molecular weight excluding hydrogens is 388 g/mol. The van der Waals surface area contributed by atoms with Gasteiger partial charge in [-0.3, -0.25) is 4.79 Å². The minimum absolute atomic E-state index is 0.264. The fourth-order valence-corrected chi connectivity index (χ4v) is 3.10. The second kappa shape index (κ2) is 8.58. The maximum atomic E-state index is 11.7. The van der Waals surface area contributed by atoms with Crippen LogP contribution in [-0.2, 0) is 17.2 Å². The molecule has 0 spiro atoms. The average molecular weight is 409 g/mol. The van der Waals surface area contributed by atoms with Crippen molar-refractivity contribution in [3.63, 3.8) is 0 Å². The van der Waals surface area contributed by atoms with Crippen LogP contribution in [-0.4, -0.2) is 5.97 Å². The largest absolute Gasteiger partial charge is 0.488 e. The molecule has 0 aliphatic rings. The van der Waals surface area contributed by atoms with Crippen molar-refractivity contribution < 1.29 is 14.3 Å². The second-order valence-corrected chi connectivity index (χ2v) is 6.71. The Bertz CT molecular complexity index is 744. The molecule has 2 aromatic rings. The van der Waals surface area contributed by atoms with Crippen LogP contribution in [0.5, 0.6) is 11.5 Å². The summed E-state index contributed by atoms with van der Waals surface area (Å²) < 4.78 is 12.3. The van der Waals surface area contributed by atoms with Gasteiger partial charge in [0.15, 0.2) is 0 Å². The monoisotopic (exact) mass is 408 g/mol. The SMILES string of the molecule is CCC(=O)Oc1cccc(CS)c1COc1cc(C)c(C)cc1Br. The zero-order valence-corrected chi connectivity index (χ0v) is 16.5. The third kappa shape index (κ3) is 4.54. The van der Waals surface area contributed by atoms with E-state index in [9.17, 15) is 4.79 Å². The first-order valence-electron chi connectivity index (χ1n) is 7.78. The molecule has 0 amide bonds. The van der Waals surface area contributed by atoms with Gasteiger partial charge in [-0.25, -0.2) is 0 Å². The lowest BCUT2D eigenvalue weighted by Gasteiger charge is -2.16. The maximum absolute atomic E-state index is 11.7. The lowest BCUT2D eigenvalue weighted by Crippen LogP contribution is -2.10. The van der Waals surface area contributed by atoms with Gasteiger partial charge in [-0.05, 0) is 64.7 Å². The summed E-state index contributed by atoms with van der Waals surface area (Å²) in [6.07, 6.45) is 0.327. The minimum Gasteiger partial charge on any atom is -0.488 e. The minimum atomic E-state index is -0.264. The Labute approximate surface area is 156 Å². The third-order valence-corrected chi connectivity index (χ3v) is 4.79. The number of carbonyl (C=O) groups excluding carboxylic acids is 1. The number of hydrogen-bond acceptors (Lipinski definition) is 4. The van der Waals surface area contributed by atoms with Gasteiger partial charge in [0, 0.05) is 17.7 Å². The van der Waals surface area contributed by atoms with Gasteiger partial charge in [-0.2, -0.15) is 12.6 Å². The van der Waals surface area contributed by atoms with Gasteiger partial charge in [0.2, 0.25) is 0 Å². The van der Waals surface area contributed by atoms with Gasteiger partial charge in [-0.15, -0.1) is 0 Å². The van der Waals surface area contributed by atoms with E-state index in [1.54, 1.807) is 13.0 Å². The van der Waals surface area contributed by atoms with Crippen LogP contribution in [0.15, 0.2) is 34.8 Å². The molecule has 128 valence electrons. The molecule has 0 fully saturated rings. The molecule has 3 nitrogen and oxygen atoms in total. The Morgan fingerprint density at radius 2 is 1.88 bits per heavy atom. The molecule has 0 N–H and O–H groups in total. The van der Waals surface area contributed by atoms with E-state index in [0.717, 1.165) is 26.9 Å². The number of thiol groups is 1. The Balaban J connectivity index is 2.28. The van der Waals surface area contributed by atoms with Gasteiger partial charge >= 0.3 is 5.97 Å². The maximum Gasteiger partial charge on any atom is 0.310 e. The molecule has 0 aliphatic carbocycles.